The highest BCUT2D eigenvalue weighted by Crippen LogP contribution is 2.19. The van der Waals surface area contributed by atoms with Crippen molar-refractivity contribution in [1.82, 2.24) is 9.55 Å². The number of nitrogens with one attached hydrogen (secondary N) is 1. The van der Waals surface area contributed by atoms with Gasteiger partial charge in [0.05, 0.1) is 19.5 Å². The van der Waals surface area contributed by atoms with Crippen molar-refractivity contribution in [2.24, 2.45) is 0 Å². The molecule has 3 N–H and O–H groups in total. The zero-order valence-electron chi connectivity index (χ0n) is 11.8. The number of nitrogens with zero attached hydrogens (tertiary/aromatic N) is 1. The van der Waals surface area contributed by atoms with E-state index in [9.17, 15) is 14.4 Å². The number of aromatic amines is 1. The molecule has 0 aliphatic carbocycles. The van der Waals surface area contributed by atoms with Crippen molar-refractivity contribution in [3.05, 3.63) is 56.2 Å². The Labute approximate surface area is 130 Å². The van der Waals surface area contributed by atoms with Crippen molar-refractivity contribution < 1.29 is 9.53 Å². The number of halogens is 1. The number of para-hydroxylation sites is 1. The van der Waals surface area contributed by atoms with Gasteiger partial charge in [-0.15, -0.1) is 11.6 Å². The van der Waals surface area contributed by atoms with Gasteiger partial charge in [-0.2, -0.15) is 0 Å². The number of alkyl halides is 1. The number of aromatic nitrogens is 2. The Kier molecular flexibility index (Phi) is 4.67. The number of anilines is 1. The highest BCUT2D eigenvalue weighted by molar-refractivity contribution is 6.31. The average Bonchev–Trinajstić information content (AvgIpc) is 2.51. The first-order chi connectivity index (χ1) is 10.5. The second-order valence-corrected chi connectivity index (χ2v) is 4.74. The highest BCUT2D eigenvalue weighted by atomic mass is 35.5. The summed E-state index contributed by atoms with van der Waals surface area (Å²) >= 11 is 5.47. The van der Waals surface area contributed by atoms with Gasteiger partial charge in [0.1, 0.15) is 17.1 Å². The molecular weight excluding hydrogens is 310 g/mol. The maximum atomic E-state index is 12.0. The molecule has 2 rings (SSSR count). The second-order valence-electron chi connectivity index (χ2n) is 4.47. The van der Waals surface area contributed by atoms with Gasteiger partial charge < -0.3 is 10.5 Å². The summed E-state index contributed by atoms with van der Waals surface area (Å²) in [6.45, 7) is 0.0496. The van der Waals surface area contributed by atoms with E-state index in [1.54, 1.807) is 24.3 Å². The van der Waals surface area contributed by atoms with Crippen LogP contribution in [-0.2, 0) is 6.54 Å². The molecule has 0 atom stereocenters. The smallest absolute Gasteiger partial charge is 0.330 e. The largest absolute Gasteiger partial charge is 0.496 e. The molecule has 1 aromatic carbocycles. The van der Waals surface area contributed by atoms with Crippen LogP contribution in [0.25, 0.3) is 0 Å². The van der Waals surface area contributed by atoms with Crippen molar-refractivity contribution in [2.45, 2.75) is 6.54 Å². The predicted octanol–water partition coefficient (Wildman–Crippen LogP) is 0.597. The third kappa shape index (κ3) is 2.89. The Morgan fingerprint density at radius 3 is 2.68 bits per heavy atom. The van der Waals surface area contributed by atoms with Crippen molar-refractivity contribution in [2.75, 3.05) is 18.7 Å². The van der Waals surface area contributed by atoms with Crippen LogP contribution in [0.2, 0.25) is 0 Å². The Bertz CT molecular complexity index is 826. The number of H-pyrrole nitrogens is 1. The molecule has 22 heavy (non-hydrogen) atoms. The van der Waals surface area contributed by atoms with E-state index in [1.165, 1.54) is 7.11 Å². The van der Waals surface area contributed by atoms with Gasteiger partial charge >= 0.3 is 5.69 Å². The Morgan fingerprint density at radius 2 is 2.05 bits per heavy atom. The first-order valence-electron chi connectivity index (χ1n) is 6.33. The van der Waals surface area contributed by atoms with Gasteiger partial charge in [0.15, 0.2) is 5.78 Å². The van der Waals surface area contributed by atoms with Crippen LogP contribution < -0.4 is 21.7 Å². The molecule has 0 unspecified atom stereocenters. The van der Waals surface area contributed by atoms with Gasteiger partial charge in [-0.25, -0.2) is 4.79 Å². The molecule has 2 aromatic rings. The molecule has 1 aromatic heterocycles. The number of carbonyl (C=O) groups is 1. The van der Waals surface area contributed by atoms with Crippen LogP contribution in [0.5, 0.6) is 5.75 Å². The van der Waals surface area contributed by atoms with E-state index in [2.05, 4.69) is 4.98 Å². The van der Waals surface area contributed by atoms with Gasteiger partial charge in [0.25, 0.3) is 5.56 Å². The fraction of sp³-hybridized carbons (Fsp3) is 0.214. The van der Waals surface area contributed by atoms with E-state index in [1.807, 2.05) is 0 Å². The summed E-state index contributed by atoms with van der Waals surface area (Å²) in [5.41, 5.74) is 4.63. The highest BCUT2D eigenvalue weighted by Gasteiger charge is 2.19. The number of nitrogen functional groups attached to an aromatic ring is 1. The van der Waals surface area contributed by atoms with Crippen LogP contribution in [-0.4, -0.2) is 28.3 Å². The summed E-state index contributed by atoms with van der Waals surface area (Å²) in [7, 11) is 1.50. The minimum Gasteiger partial charge on any atom is -0.496 e. The predicted molar refractivity (Wildman–Crippen MR) is 82.9 cm³/mol. The van der Waals surface area contributed by atoms with Gasteiger partial charge in [-0.05, 0) is 6.07 Å². The molecule has 0 amide bonds. The standard InChI is InChI=1S/C14H14ClN3O4/c1-22-10-5-3-2-4-8(10)7-18-12(16)11(9(19)6-15)13(20)17-14(18)21/h2-5H,6-7,16H2,1H3,(H,17,20,21). The van der Waals surface area contributed by atoms with Crippen LogP contribution in [0.1, 0.15) is 15.9 Å². The molecule has 7 nitrogen and oxygen atoms in total. The fourth-order valence-corrected chi connectivity index (χ4v) is 2.22. The molecule has 0 saturated heterocycles. The maximum Gasteiger partial charge on any atom is 0.330 e. The summed E-state index contributed by atoms with van der Waals surface area (Å²) in [5.74, 6) is -0.704. The van der Waals surface area contributed by atoms with E-state index >= 15 is 0 Å². The average molecular weight is 324 g/mol. The van der Waals surface area contributed by atoms with E-state index in [0.29, 0.717) is 11.3 Å². The van der Waals surface area contributed by atoms with Gasteiger partial charge in [-0.3, -0.25) is 19.1 Å². The lowest BCUT2D eigenvalue weighted by atomic mass is 10.2. The van der Waals surface area contributed by atoms with Gasteiger partial charge in [0.2, 0.25) is 0 Å². The molecule has 0 saturated carbocycles. The minimum atomic E-state index is -0.843. The number of ether oxygens (including phenoxy) is 1. The Morgan fingerprint density at radius 1 is 1.36 bits per heavy atom. The minimum absolute atomic E-state index is 0.0496. The van der Waals surface area contributed by atoms with Crippen molar-refractivity contribution in [1.29, 1.82) is 0 Å². The number of methoxy groups -OCH3 is 1. The van der Waals surface area contributed by atoms with E-state index < -0.39 is 22.9 Å². The summed E-state index contributed by atoms with van der Waals surface area (Å²) in [6, 6.07) is 7.03. The number of rotatable bonds is 5. The normalized spacial score (nSPS) is 10.5. The summed E-state index contributed by atoms with van der Waals surface area (Å²) in [6.07, 6.45) is 0. The lowest BCUT2D eigenvalue weighted by Gasteiger charge is -2.13. The van der Waals surface area contributed by atoms with Crippen molar-refractivity contribution >= 4 is 23.2 Å². The molecule has 0 radical (unpaired) electrons. The first-order valence-corrected chi connectivity index (χ1v) is 6.86. The molecule has 8 heteroatoms. The molecule has 0 spiro atoms. The fourth-order valence-electron chi connectivity index (χ4n) is 2.08. The number of nitrogens with two attached hydrogens (primary N) is 1. The van der Waals surface area contributed by atoms with Crippen LogP contribution in [0.3, 0.4) is 0 Å². The molecule has 1 heterocycles. The SMILES string of the molecule is COc1ccccc1Cn1c(N)c(C(=O)CCl)c(=O)[nH]c1=O. The quantitative estimate of drug-likeness (QED) is 0.619. The Hall–Kier alpha value is -2.54. The lowest BCUT2D eigenvalue weighted by Crippen LogP contribution is -2.36. The summed E-state index contributed by atoms with van der Waals surface area (Å²) in [5, 5.41) is 0. The Balaban J connectivity index is 2.59. The van der Waals surface area contributed by atoms with Crippen LogP contribution in [0.15, 0.2) is 33.9 Å². The first kappa shape index (κ1) is 15.8. The third-order valence-electron chi connectivity index (χ3n) is 3.16. The van der Waals surface area contributed by atoms with Gasteiger partial charge in [0, 0.05) is 5.56 Å². The molecule has 0 aliphatic rings. The summed E-state index contributed by atoms with van der Waals surface area (Å²) < 4.78 is 6.30. The lowest BCUT2D eigenvalue weighted by molar-refractivity contribution is 0.101. The molecule has 0 bridgehead atoms. The summed E-state index contributed by atoms with van der Waals surface area (Å²) in [4.78, 5) is 37.5. The van der Waals surface area contributed by atoms with E-state index in [-0.39, 0.29) is 17.9 Å². The number of carbonyl (C=O) groups excluding carboxylic acids is 1. The van der Waals surface area contributed by atoms with Crippen LogP contribution in [0.4, 0.5) is 5.82 Å². The zero-order valence-corrected chi connectivity index (χ0v) is 12.5. The number of ketones is 1. The number of benzene rings is 1. The third-order valence-corrected chi connectivity index (χ3v) is 3.40. The van der Waals surface area contributed by atoms with Gasteiger partial charge in [-0.1, -0.05) is 18.2 Å². The zero-order chi connectivity index (χ0) is 16.3. The molecule has 0 fully saturated rings. The second kappa shape index (κ2) is 6.48. The number of Topliss-reactive ketones (excluding diaryl/α,β-unsaturated/α-hetero) is 1. The van der Waals surface area contributed by atoms with Crippen LogP contribution in [0, 0.1) is 0 Å². The monoisotopic (exact) mass is 323 g/mol. The maximum absolute atomic E-state index is 12.0. The van der Waals surface area contributed by atoms with Crippen LogP contribution >= 0.6 is 11.6 Å². The van der Waals surface area contributed by atoms with E-state index in [4.69, 9.17) is 22.1 Å². The number of hydrogen-bond acceptors (Lipinski definition) is 5. The topological polar surface area (TPSA) is 107 Å². The van der Waals surface area contributed by atoms with Crippen molar-refractivity contribution in [3.8, 4) is 5.75 Å². The number of hydrogen-bond donors (Lipinski definition) is 2. The van der Waals surface area contributed by atoms with E-state index in [0.717, 1.165) is 4.57 Å². The molecular formula is C14H14ClN3O4. The molecule has 116 valence electrons. The molecule has 0 aliphatic heterocycles. The van der Waals surface area contributed by atoms with Crippen molar-refractivity contribution in [3.63, 3.8) is 0 Å².